The Morgan fingerprint density at radius 2 is 2.11 bits per heavy atom. The molecule has 1 aliphatic rings. The van der Waals surface area contributed by atoms with Crippen LogP contribution in [-0.2, 0) is 6.42 Å². The molecule has 4 heterocycles. The van der Waals surface area contributed by atoms with Gasteiger partial charge in [0.2, 0.25) is 0 Å². The molecule has 0 bridgehead atoms. The lowest BCUT2D eigenvalue weighted by molar-refractivity contribution is 0.0671. The molecule has 6 heteroatoms. The zero-order valence-corrected chi connectivity index (χ0v) is 16.1. The standard InChI is InChI=1S/C22H18ClN3O2/c1-14-19-11-16(21-3-2-10-28-21)5-4-15(19)8-9-25(14)22(27)20-12-18-7-6-17(23)13-26(18)24-20/h2-7,10-14H,8-9H2,1H3. The number of benzene rings is 1. The molecule has 0 N–H and O–H groups in total. The molecule has 0 saturated carbocycles. The molecule has 4 aromatic rings. The highest BCUT2D eigenvalue weighted by molar-refractivity contribution is 6.30. The molecule has 28 heavy (non-hydrogen) atoms. The van der Waals surface area contributed by atoms with Crippen molar-refractivity contribution in [3.63, 3.8) is 0 Å². The molecule has 3 aromatic heterocycles. The molecule has 5 rings (SSSR count). The first kappa shape index (κ1) is 17.1. The zero-order valence-electron chi connectivity index (χ0n) is 15.3. The molecule has 1 aromatic carbocycles. The van der Waals surface area contributed by atoms with Gasteiger partial charge in [0.15, 0.2) is 5.69 Å². The van der Waals surface area contributed by atoms with Crippen LogP contribution >= 0.6 is 11.6 Å². The summed E-state index contributed by atoms with van der Waals surface area (Å²) in [6, 6.07) is 15.6. The summed E-state index contributed by atoms with van der Waals surface area (Å²) in [5.41, 5.74) is 4.72. The highest BCUT2D eigenvalue weighted by Gasteiger charge is 2.30. The van der Waals surface area contributed by atoms with Crippen molar-refractivity contribution in [1.29, 1.82) is 0 Å². The van der Waals surface area contributed by atoms with Crippen molar-refractivity contribution in [2.45, 2.75) is 19.4 Å². The van der Waals surface area contributed by atoms with Gasteiger partial charge in [-0.15, -0.1) is 0 Å². The third-order valence-corrected chi connectivity index (χ3v) is 5.62. The number of aromatic nitrogens is 2. The van der Waals surface area contributed by atoms with Gasteiger partial charge in [-0.05, 0) is 60.9 Å². The van der Waals surface area contributed by atoms with Crippen LogP contribution < -0.4 is 0 Å². The minimum atomic E-state index is -0.0682. The third kappa shape index (κ3) is 2.79. The summed E-state index contributed by atoms with van der Waals surface area (Å²) in [5.74, 6) is 0.761. The van der Waals surface area contributed by atoms with Crippen LogP contribution in [0, 0.1) is 0 Å². The van der Waals surface area contributed by atoms with Crippen molar-refractivity contribution in [2.24, 2.45) is 0 Å². The van der Waals surface area contributed by atoms with Gasteiger partial charge in [-0.3, -0.25) is 4.79 Å². The zero-order chi connectivity index (χ0) is 19.3. The van der Waals surface area contributed by atoms with E-state index in [-0.39, 0.29) is 11.9 Å². The first-order chi connectivity index (χ1) is 13.6. The Labute approximate surface area is 167 Å². The second-order valence-corrected chi connectivity index (χ2v) is 7.50. The number of fused-ring (bicyclic) bond motifs is 2. The summed E-state index contributed by atoms with van der Waals surface area (Å²) < 4.78 is 7.17. The van der Waals surface area contributed by atoms with Gasteiger partial charge in [-0.1, -0.05) is 23.7 Å². The van der Waals surface area contributed by atoms with E-state index >= 15 is 0 Å². The topological polar surface area (TPSA) is 50.8 Å². The average Bonchev–Trinajstić information content (AvgIpc) is 3.37. The number of rotatable bonds is 2. The Morgan fingerprint density at radius 3 is 2.93 bits per heavy atom. The number of carbonyl (C=O) groups is 1. The first-order valence-electron chi connectivity index (χ1n) is 9.23. The van der Waals surface area contributed by atoms with Gasteiger partial charge in [0, 0.05) is 18.3 Å². The van der Waals surface area contributed by atoms with Crippen LogP contribution in [0.2, 0.25) is 5.02 Å². The maximum atomic E-state index is 13.2. The normalized spacial score (nSPS) is 16.4. The van der Waals surface area contributed by atoms with Crippen LogP contribution in [0.4, 0.5) is 0 Å². The number of hydrogen-bond acceptors (Lipinski definition) is 3. The minimum absolute atomic E-state index is 0.0421. The number of amides is 1. The second kappa shape index (κ2) is 6.53. The van der Waals surface area contributed by atoms with Crippen molar-refractivity contribution in [3.8, 4) is 11.3 Å². The lowest BCUT2D eigenvalue weighted by Crippen LogP contribution is -2.39. The fourth-order valence-electron chi connectivity index (χ4n) is 3.90. The van der Waals surface area contributed by atoms with E-state index in [4.69, 9.17) is 16.0 Å². The summed E-state index contributed by atoms with van der Waals surface area (Å²) in [5, 5.41) is 5.01. The van der Waals surface area contributed by atoms with E-state index in [9.17, 15) is 4.79 Å². The van der Waals surface area contributed by atoms with Crippen molar-refractivity contribution in [3.05, 3.63) is 82.8 Å². The van der Waals surface area contributed by atoms with Crippen LogP contribution in [0.25, 0.3) is 16.8 Å². The lowest BCUT2D eigenvalue weighted by Gasteiger charge is -2.35. The van der Waals surface area contributed by atoms with Gasteiger partial charge in [0.25, 0.3) is 5.91 Å². The molecular weight excluding hydrogens is 374 g/mol. The van der Waals surface area contributed by atoms with E-state index in [0.29, 0.717) is 17.3 Å². The molecule has 1 aliphatic heterocycles. The molecule has 0 saturated heterocycles. The summed E-state index contributed by atoms with van der Waals surface area (Å²) in [6.45, 7) is 2.73. The monoisotopic (exact) mass is 391 g/mol. The largest absolute Gasteiger partial charge is 0.464 e. The summed E-state index contributed by atoms with van der Waals surface area (Å²) in [7, 11) is 0. The van der Waals surface area contributed by atoms with Crippen LogP contribution in [0.3, 0.4) is 0 Å². The predicted molar refractivity (Wildman–Crippen MR) is 108 cm³/mol. The Morgan fingerprint density at radius 1 is 1.21 bits per heavy atom. The van der Waals surface area contributed by atoms with Crippen molar-refractivity contribution in [2.75, 3.05) is 6.54 Å². The van der Waals surface area contributed by atoms with Gasteiger partial charge in [-0.2, -0.15) is 5.10 Å². The number of furan rings is 1. The van der Waals surface area contributed by atoms with Crippen LogP contribution in [0.5, 0.6) is 0 Å². The molecule has 0 spiro atoms. The molecule has 1 unspecified atom stereocenters. The van der Waals surface area contributed by atoms with Crippen molar-refractivity contribution in [1.82, 2.24) is 14.5 Å². The van der Waals surface area contributed by atoms with Gasteiger partial charge in [0.05, 0.1) is 22.8 Å². The molecule has 1 atom stereocenters. The maximum absolute atomic E-state index is 13.2. The molecule has 0 fully saturated rings. The fourth-order valence-corrected chi connectivity index (χ4v) is 4.06. The summed E-state index contributed by atoms with van der Waals surface area (Å²) in [4.78, 5) is 15.1. The third-order valence-electron chi connectivity index (χ3n) is 5.39. The average molecular weight is 392 g/mol. The highest BCUT2D eigenvalue weighted by Crippen LogP contribution is 2.34. The Bertz CT molecular complexity index is 1180. The summed E-state index contributed by atoms with van der Waals surface area (Å²) in [6.07, 6.45) is 4.20. The van der Waals surface area contributed by atoms with Crippen molar-refractivity contribution < 1.29 is 9.21 Å². The quantitative estimate of drug-likeness (QED) is 0.482. The van der Waals surface area contributed by atoms with E-state index < -0.39 is 0 Å². The Hall–Kier alpha value is -3.05. The Kier molecular flexibility index (Phi) is 3.98. The number of nitrogens with zero attached hydrogens (tertiary/aromatic N) is 3. The first-order valence-corrected chi connectivity index (χ1v) is 9.60. The number of halogens is 1. The Balaban J connectivity index is 1.48. The van der Waals surface area contributed by atoms with Crippen molar-refractivity contribution >= 4 is 23.0 Å². The molecule has 0 aliphatic carbocycles. The van der Waals surface area contributed by atoms with E-state index in [0.717, 1.165) is 28.8 Å². The van der Waals surface area contributed by atoms with Crippen LogP contribution in [0.1, 0.15) is 34.6 Å². The van der Waals surface area contributed by atoms with Gasteiger partial charge in [0.1, 0.15) is 5.76 Å². The number of hydrogen-bond donors (Lipinski definition) is 0. The van der Waals surface area contributed by atoms with E-state index in [1.165, 1.54) is 5.56 Å². The smallest absolute Gasteiger partial charge is 0.274 e. The van der Waals surface area contributed by atoms with Crippen LogP contribution in [-0.4, -0.2) is 27.0 Å². The van der Waals surface area contributed by atoms with Crippen LogP contribution in [0.15, 0.2) is 65.4 Å². The molecule has 1 amide bonds. The molecule has 0 radical (unpaired) electrons. The molecular formula is C22H18ClN3O2. The maximum Gasteiger partial charge on any atom is 0.274 e. The predicted octanol–water partition coefficient (Wildman–Crippen LogP) is 5.01. The highest BCUT2D eigenvalue weighted by atomic mass is 35.5. The minimum Gasteiger partial charge on any atom is -0.464 e. The molecule has 5 nitrogen and oxygen atoms in total. The fraction of sp³-hybridized carbons (Fsp3) is 0.182. The van der Waals surface area contributed by atoms with Gasteiger partial charge >= 0.3 is 0 Å². The molecule has 140 valence electrons. The van der Waals surface area contributed by atoms with E-state index in [1.54, 1.807) is 29.1 Å². The summed E-state index contributed by atoms with van der Waals surface area (Å²) >= 11 is 6.03. The SMILES string of the molecule is CC1c2cc(-c3ccco3)ccc2CCN1C(=O)c1cc2ccc(Cl)cn2n1. The van der Waals surface area contributed by atoms with Gasteiger partial charge in [-0.25, -0.2) is 4.52 Å². The number of pyridine rings is 1. The van der Waals surface area contributed by atoms with E-state index in [2.05, 4.69) is 30.2 Å². The van der Waals surface area contributed by atoms with E-state index in [1.807, 2.05) is 23.1 Å². The lowest BCUT2D eigenvalue weighted by atomic mass is 9.91. The van der Waals surface area contributed by atoms with Gasteiger partial charge < -0.3 is 9.32 Å². The number of carbonyl (C=O) groups excluding carboxylic acids is 1. The second-order valence-electron chi connectivity index (χ2n) is 7.06.